The quantitative estimate of drug-likeness (QED) is 0.447. The Morgan fingerprint density at radius 2 is 1.70 bits per heavy atom. The lowest BCUT2D eigenvalue weighted by atomic mass is 9.84. The number of rotatable bonds is 7. The highest BCUT2D eigenvalue weighted by molar-refractivity contribution is 5.73. The first-order valence-electron chi connectivity index (χ1n) is 9.79. The van der Waals surface area contributed by atoms with Gasteiger partial charge < -0.3 is 9.84 Å². The molecule has 0 unspecified atom stereocenters. The summed E-state index contributed by atoms with van der Waals surface area (Å²) in [6, 6.07) is 11.7. The minimum absolute atomic E-state index is 0. The van der Waals surface area contributed by atoms with E-state index in [1.165, 1.54) is 4.80 Å². The second-order valence-electron chi connectivity index (χ2n) is 8.13. The fourth-order valence-corrected chi connectivity index (χ4v) is 3.12. The van der Waals surface area contributed by atoms with Gasteiger partial charge >= 0.3 is 0 Å². The average Bonchev–Trinajstić information content (AvgIpc) is 3.08. The largest absolute Gasteiger partial charge is 0.505 e. The maximum Gasteiger partial charge on any atom is 0.146 e. The third-order valence-electron chi connectivity index (χ3n) is 4.66. The molecule has 0 radical (unpaired) electrons. The van der Waals surface area contributed by atoms with E-state index in [2.05, 4.69) is 50.5 Å². The summed E-state index contributed by atoms with van der Waals surface area (Å²) in [7, 11) is 0. The van der Waals surface area contributed by atoms with E-state index in [1.54, 1.807) is 0 Å². The zero-order valence-corrected chi connectivity index (χ0v) is 17.2. The van der Waals surface area contributed by atoms with E-state index < -0.39 is 0 Å². The van der Waals surface area contributed by atoms with Crippen molar-refractivity contribution in [3.8, 4) is 11.4 Å². The second kappa shape index (κ2) is 10.3. The van der Waals surface area contributed by atoms with E-state index in [0.29, 0.717) is 12.3 Å². The van der Waals surface area contributed by atoms with E-state index in [9.17, 15) is 5.11 Å². The smallest absolute Gasteiger partial charge is 0.146 e. The molecule has 0 bridgehead atoms. The van der Waals surface area contributed by atoms with Gasteiger partial charge in [0.25, 0.3) is 0 Å². The molecule has 164 valence electrons. The van der Waals surface area contributed by atoms with Crippen molar-refractivity contribution in [2.45, 2.75) is 67.2 Å². The summed E-state index contributed by atoms with van der Waals surface area (Å²) in [5, 5.41) is 20.1. The Morgan fingerprint density at radius 1 is 1.10 bits per heavy atom. The Labute approximate surface area is 181 Å². The number of aromatic nitrogens is 3. The van der Waals surface area contributed by atoms with Gasteiger partial charge in [-0.25, -0.2) is 0 Å². The van der Waals surface area contributed by atoms with Crippen LogP contribution in [0, 0.1) is 0 Å². The summed E-state index contributed by atoms with van der Waals surface area (Å²) in [5.74, 6) is 1.01. The van der Waals surface area contributed by atoms with Gasteiger partial charge in [-0.2, -0.15) is 0 Å². The Bertz CT molecular complexity index is 951. The van der Waals surface area contributed by atoms with Crippen LogP contribution in [0.1, 0.15) is 66.5 Å². The Kier molecular flexibility index (Phi) is 8.64. The Balaban J connectivity index is 0.00000225. The molecule has 0 saturated carbocycles. The van der Waals surface area contributed by atoms with Crippen molar-refractivity contribution in [3.05, 3.63) is 59.9 Å². The molecule has 5 nitrogen and oxygen atoms in total. The van der Waals surface area contributed by atoms with Gasteiger partial charge in [-0.1, -0.05) is 67.3 Å². The maximum atomic E-state index is 11.0. The Morgan fingerprint density at radius 3 is 2.23 bits per heavy atom. The summed E-state index contributed by atoms with van der Waals surface area (Å²) in [5.41, 5.74) is 3.95. The third-order valence-corrected chi connectivity index (χ3v) is 4.66. The van der Waals surface area contributed by atoms with E-state index in [1.807, 2.05) is 30.3 Å². The molecule has 0 aliphatic rings. The van der Waals surface area contributed by atoms with Crippen molar-refractivity contribution in [1.82, 2.24) is 15.0 Å². The van der Waals surface area contributed by atoms with Gasteiger partial charge in [0.2, 0.25) is 0 Å². The fourth-order valence-electron chi connectivity index (χ4n) is 3.12. The normalized spacial score (nSPS) is 10.9. The highest BCUT2D eigenvalue weighted by atomic mass is 16.5. The van der Waals surface area contributed by atoms with Gasteiger partial charge in [0.05, 0.1) is 12.4 Å². The number of nitrogens with zero attached hydrogens (tertiary/aromatic N) is 3. The van der Waals surface area contributed by atoms with Crippen molar-refractivity contribution in [1.29, 1.82) is 0 Å². The molecule has 3 rings (SSSR count). The van der Waals surface area contributed by atoms with Crippen LogP contribution < -0.4 is 0 Å². The molecule has 0 aliphatic carbocycles. The topological polar surface area (TPSA) is 60.2 Å². The zero-order valence-electron chi connectivity index (χ0n) is 17.2. The number of aryl methyl sites for hydroxylation is 1. The molecule has 2 aromatic carbocycles. The fraction of sp³-hybridized carbons (Fsp3) is 0.440. The van der Waals surface area contributed by atoms with Crippen LogP contribution in [0.4, 0.5) is 0 Å². The standard InChI is InChI=1S/C23H29N3O2.2CH4/c1-6-13-28-16(2)11-12-17-14-18(23(3,4)5)22(27)21(15-17)26-24-19-9-7-8-10-20(19)25-26;;/h7-10,14-15,27H,2,6,11-13H2,1,3-5H3;2*1H4. The van der Waals surface area contributed by atoms with E-state index in [4.69, 9.17) is 4.74 Å². The molecule has 0 fully saturated rings. The first-order valence-corrected chi connectivity index (χ1v) is 9.79. The number of hydrogen-bond acceptors (Lipinski definition) is 4. The van der Waals surface area contributed by atoms with Crippen molar-refractivity contribution in [2.24, 2.45) is 0 Å². The number of benzene rings is 2. The first-order chi connectivity index (χ1) is 13.3. The molecule has 0 spiro atoms. The number of allylic oxidation sites excluding steroid dienone is 1. The molecular formula is C25H37N3O2. The molecule has 1 N–H and O–H groups in total. The number of phenolic OH excluding ortho intramolecular Hbond substituents is 1. The van der Waals surface area contributed by atoms with Gasteiger partial charge in [0.1, 0.15) is 22.5 Å². The van der Waals surface area contributed by atoms with Crippen molar-refractivity contribution < 1.29 is 9.84 Å². The van der Waals surface area contributed by atoms with Gasteiger partial charge in [0, 0.05) is 12.0 Å². The highest BCUT2D eigenvalue weighted by Crippen LogP contribution is 2.36. The number of fused-ring (bicyclic) bond motifs is 1. The van der Waals surface area contributed by atoms with Crippen LogP contribution >= 0.6 is 0 Å². The lowest BCUT2D eigenvalue weighted by Gasteiger charge is -2.23. The number of aromatic hydroxyl groups is 1. The van der Waals surface area contributed by atoms with Crippen LogP contribution in [0.25, 0.3) is 16.7 Å². The van der Waals surface area contributed by atoms with Crippen molar-refractivity contribution in [3.63, 3.8) is 0 Å². The van der Waals surface area contributed by atoms with Crippen LogP contribution in [-0.4, -0.2) is 26.7 Å². The van der Waals surface area contributed by atoms with Crippen molar-refractivity contribution >= 4 is 11.0 Å². The predicted octanol–water partition coefficient (Wildman–Crippen LogP) is 6.57. The summed E-state index contributed by atoms with van der Waals surface area (Å²) >= 11 is 0. The molecule has 0 atom stereocenters. The SMILES string of the molecule is C.C.C=C(CCc1cc(-n2nc3ccccc3n2)c(O)c(C(C)(C)C)c1)OCCC. The van der Waals surface area contributed by atoms with E-state index in [-0.39, 0.29) is 26.0 Å². The molecule has 0 aliphatic heterocycles. The highest BCUT2D eigenvalue weighted by Gasteiger charge is 2.23. The van der Waals surface area contributed by atoms with Gasteiger partial charge in [-0.15, -0.1) is 15.0 Å². The summed E-state index contributed by atoms with van der Waals surface area (Å²) in [6.07, 6.45) is 2.48. The monoisotopic (exact) mass is 411 g/mol. The summed E-state index contributed by atoms with van der Waals surface area (Å²) in [4.78, 5) is 1.53. The lowest BCUT2D eigenvalue weighted by molar-refractivity contribution is 0.204. The van der Waals surface area contributed by atoms with Crippen LogP contribution in [0.3, 0.4) is 0 Å². The minimum atomic E-state index is -0.211. The lowest BCUT2D eigenvalue weighted by Crippen LogP contribution is -2.14. The first kappa shape index (κ1) is 25.2. The number of hydrogen-bond donors (Lipinski definition) is 1. The maximum absolute atomic E-state index is 11.0. The minimum Gasteiger partial charge on any atom is -0.505 e. The van der Waals surface area contributed by atoms with Crippen LogP contribution in [0.5, 0.6) is 5.75 Å². The van der Waals surface area contributed by atoms with Crippen LogP contribution in [-0.2, 0) is 16.6 Å². The number of phenols is 1. The van der Waals surface area contributed by atoms with Crippen LogP contribution in [0.2, 0.25) is 0 Å². The number of ether oxygens (including phenoxy) is 1. The second-order valence-corrected chi connectivity index (χ2v) is 8.13. The molecule has 0 amide bonds. The average molecular weight is 412 g/mol. The van der Waals surface area contributed by atoms with Gasteiger partial charge in [0.15, 0.2) is 0 Å². The molecular weight excluding hydrogens is 374 g/mol. The summed E-state index contributed by atoms with van der Waals surface area (Å²) in [6.45, 7) is 13.0. The summed E-state index contributed by atoms with van der Waals surface area (Å²) < 4.78 is 5.62. The molecule has 3 aromatic rings. The molecule has 5 heteroatoms. The van der Waals surface area contributed by atoms with Crippen LogP contribution in [0.15, 0.2) is 48.7 Å². The van der Waals surface area contributed by atoms with E-state index >= 15 is 0 Å². The molecule has 0 saturated heterocycles. The third kappa shape index (κ3) is 5.62. The van der Waals surface area contributed by atoms with E-state index in [0.717, 1.165) is 47.2 Å². The predicted molar refractivity (Wildman–Crippen MR) is 126 cm³/mol. The molecule has 1 aromatic heterocycles. The van der Waals surface area contributed by atoms with Crippen molar-refractivity contribution in [2.75, 3.05) is 6.61 Å². The van der Waals surface area contributed by atoms with Gasteiger partial charge in [-0.3, -0.25) is 0 Å². The van der Waals surface area contributed by atoms with Gasteiger partial charge in [-0.05, 0) is 42.0 Å². The molecule has 1 heterocycles. The Hall–Kier alpha value is -2.82. The molecule has 30 heavy (non-hydrogen) atoms. The zero-order chi connectivity index (χ0) is 20.3.